The van der Waals surface area contributed by atoms with Crippen LogP contribution in [0.4, 0.5) is 0 Å². The van der Waals surface area contributed by atoms with Crippen LogP contribution in [0.2, 0.25) is 0 Å². The van der Waals surface area contributed by atoms with Gasteiger partial charge in [-0.25, -0.2) is 0 Å². The van der Waals surface area contributed by atoms with Gasteiger partial charge in [0.15, 0.2) is 0 Å². The van der Waals surface area contributed by atoms with E-state index in [1.807, 2.05) is 62.4 Å². The predicted octanol–water partition coefficient (Wildman–Crippen LogP) is 2.39. The molecule has 0 aliphatic rings. The molecule has 0 aliphatic carbocycles. The smallest absolute Gasteiger partial charge is 0.136 e. The molecule has 23 heavy (non-hydrogen) atoms. The van der Waals surface area contributed by atoms with Gasteiger partial charge in [-0.15, -0.1) is 0 Å². The highest BCUT2D eigenvalue weighted by molar-refractivity contribution is 5.35. The molecule has 124 valence electrons. The van der Waals surface area contributed by atoms with Crippen LogP contribution in [0.1, 0.15) is 22.8 Å². The standard InChI is InChI=1S/C19H24O4/c1-14-7-3-5-9-16(14)18(19(11-20,12-21)13-22)23-17-10-6-4-8-15(17)2/h3-10,18,20-22H,11-13H2,1-2H3. The summed E-state index contributed by atoms with van der Waals surface area (Å²) >= 11 is 0. The first-order chi connectivity index (χ1) is 11.1. The van der Waals surface area contributed by atoms with Gasteiger partial charge < -0.3 is 20.1 Å². The van der Waals surface area contributed by atoms with Crippen molar-refractivity contribution in [2.24, 2.45) is 5.41 Å². The first kappa shape index (κ1) is 17.5. The quantitative estimate of drug-likeness (QED) is 0.733. The number of para-hydroxylation sites is 1. The van der Waals surface area contributed by atoms with Crippen LogP contribution in [-0.2, 0) is 0 Å². The van der Waals surface area contributed by atoms with Crippen molar-refractivity contribution < 1.29 is 20.1 Å². The van der Waals surface area contributed by atoms with E-state index in [4.69, 9.17) is 4.74 Å². The largest absolute Gasteiger partial charge is 0.485 e. The fourth-order valence-electron chi connectivity index (χ4n) is 2.61. The molecule has 1 unspecified atom stereocenters. The van der Waals surface area contributed by atoms with E-state index < -0.39 is 11.5 Å². The Labute approximate surface area is 137 Å². The molecule has 1 atom stereocenters. The molecule has 0 saturated heterocycles. The third kappa shape index (κ3) is 3.55. The van der Waals surface area contributed by atoms with Crippen molar-refractivity contribution in [2.45, 2.75) is 20.0 Å². The average Bonchev–Trinajstić information content (AvgIpc) is 2.58. The highest BCUT2D eigenvalue weighted by Crippen LogP contribution is 2.39. The molecule has 0 amide bonds. The molecule has 0 heterocycles. The lowest BCUT2D eigenvalue weighted by atomic mass is 9.79. The Morgan fingerprint density at radius 3 is 1.87 bits per heavy atom. The number of aliphatic hydroxyl groups is 3. The van der Waals surface area contributed by atoms with Gasteiger partial charge in [0.05, 0.1) is 25.2 Å². The zero-order valence-corrected chi connectivity index (χ0v) is 13.6. The van der Waals surface area contributed by atoms with Gasteiger partial charge in [0.25, 0.3) is 0 Å². The van der Waals surface area contributed by atoms with Gasteiger partial charge in [-0.05, 0) is 36.6 Å². The SMILES string of the molecule is Cc1ccccc1OC(c1ccccc1C)C(CO)(CO)CO. The summed E-state index contributed by atoms with van der Waals surface area (Å²) in [7, 11) is 0. The average molecular weight is 316 g/mol. The van der Waals surface area contributed by atoms with Crippen LogP contribution in [0.25, 0.3) is 0 Å². The van der Waals surface area contributed by atoms with Crippen LogP contribution in [0, 0.1) is 19.3 Å². The molecule has 2 aromatic carbocycles. The Hall–Kier alpha value is -1.88. The van der Waals surface area contributed by atoms with Gasteiger partial charge in [0, 0.05) is 0 Å². The number of aryl methyl sites for hydroxylation is 2. The summed E-state index contributed by atoms with van der Waals surface area (Å²) in [4.78, 5) is 0. The normalized spacial score (nSPS) is 12.9. The molecule has 3 N–H and O–H groups in total. The van der Waals surface area contributed by atoms with E-state index in [9.17, 15) is 15.3 Å². The Morgan fingerprint density at radius 2 is 1.35 bits per heavy atom. The second-order valence-corrected chi connectivity index (χ2v) is 5.96. The summed E-state index contributed by atoms with van der Waals surface area (Å²) in [5, 5.41) is 29.5. The van der Waals surface area contributed by atoms with Crippen molar-refractivity contribution >= 4 is 0 Å². The van der Waals surface area contributed by atoms with E-state index in [1.54, 1.807) is 0 Å². The Kier molecular flexibility index (Phi) is 5.77. The summed E-state index contributed by atoms with van der Waals surface area (Å²) in [5.74, 6) is 0.667. The van der Waals surface area contributed by atoms with Gasteiger partial charge in [-0.3, -0.25) is 0 Å². The molecular weight excluding hydrogens is 292 g/mol. The summed E-state index contributed by atoms with van der Waals surface area (Å²) in [6.45, 7) is 2.73. The Balaban J connectivity index is 2.52. The molecule has 0 saturated carbocycles. The van der Waals surface area contributed by atoms with Gasteiger partial charge in [0.1, 0.15) is 11.9 Å². The minimum absolute atomic E-state index is 0.384. The maximum Gasteiger partial charge on any atom is 0.136 e. The van der Waals surface area contributed by atoms with Crippen LogP contribution < -0.4 is 4.74 Å². The zero-order chi connectivity index (χ0) is 16.9. The van der Waals surface area contributed by atoms with Crippen LogP contribution in [-0.4, -0.2) is 35.1 Å². The number of hydrogen-bond acceptors (Lipinski definition) is 4. The summed E-state index contributed by atoms with van der Waals surface area (Å²) in [6.07, 6.45) is -0.662. The Morgan fingerprint density at radius 1 is 0.826 bits per heavy atom. The van der Waals surface area contributed by atoms with Crippen molar-refractivity contribution in [3.8, 4) is 5.75 Å². The number of rotatable bonds is 7. The molecule has 0 radical (unpaired) electrons. The number of ether oxygens (including phenoxy) is 1. The number of hydrogen-bond donors (Lipinski definition) is 3. The number of aliphatic hydroxyl groups excluding tert-OH is 3. The molecule has 2 rings (SSSR count). The highest BCUT2D eigenvalue weighted by Gasteiger charge is 2.41. The van der Waals surface area contributed by atoms with Crippen LogP contribution >= 0.6 is 0 Å². The van der Waals surface area contributed by atoms with Gasteiger partial charge in [0.2, 0.25) is 0 Å². The third-order valence-electron chi connectivity index (χ3n) is 4.31. The molecule has 0 spiro atoms. The monoisotopic (exact) mass is 316 g/mol. The van der Waals surface area contributed by atoms with E-state index in [1.165, 1.54) is 0 Å². The fraction of sp³-hybridized carbons (Fsp3) is 0.368. The molecule has 0 aliphatic heterocycles. The molecule has 4 heteroatoms. The Bertz CT molecular complexity index is 627. The van der Waals surface area contributed by atoms with Gasteiger partial charge in [-0.1, -0.05) is 42.5 Å². The first-order valence-corrected chi connectivity index (χ1v) is 7.68. The van der Waals surface area contributed by atoms with E-state index in [0.29, 0.717) is 5.75 Å². The molecule has 4 nitrogen and oxygen atoms in total. The summed E-state index contributed by atoms with van der Waals surface area (Å²) in [5.41, 5.74) is 1.60. The van der Waals surface area contributed by atoms with E-state index >= 15 is 0 Å². The van der Waals surface area contributed by atoms with Crippen LogP contribution in [0.3, 0.4) is 0 Å². The maximum absolute atomic E-state index is 9.85. The van der Waals surface area contributed by atoms with E-state index in [0.717, 1.165) is 16.7 Å². The fourth-order valence-corrected chi connectivity index (χ4v) is 2.61. The summed E-state index contributed by atoms with van der Waals surface area (Å²) in [6, 6.07) is 15.2. The second-order valence-electron chi connectivity index (χ2n) is 5.96. The van der Waals surface area contributed by atoms with E-state index in [-0.39, 0.29) is 19.8 Å². The molecular formula is C19H24O4. The highest BCUT2D eigenvalue weighted by atomic mass is 16.5. The minimum Gasteiger partial charge on any atom is -0.485 e. The summed E-state index contributed by atoms with van der Waals surface area (Å²) < 4.78 is 6.17. The molecule has 0 aromatic heterocycles. The molecule has 0 fully saturated rings. The van der Waals surface area contributed by atoms with Crippen LogP contribution in [0.5, 0.6) is 5.75 Å². The maximum atomic E-state index is 9.85. The van der Waals surface area contributed by atoms with Crippen molar-refractivity contribution in [2.75, 3.05) is 19.8 Å². The third-order valence-corrected chi connectivity index (χ3v) is 4.31. The lowest BCUT2D eigenvalue weighted by Gasteiger charge is -2.37. The second kappa shape index (κ2) is 7.59. The zero-order valence-electron chi connectivity index (χ0n) is 13.6. The molecule has 0 bridgehead atoms. The number of benzene rings is 2. The van der Waals surface area contributed by atoms with E-state index in [2.05, 4.69) is 0 Å². The van der Waals surface area contributed by atoms with Crippen molar-refractivity contribution in [1.82, 2.24) is 0 Å². The minimum atomic E-state index is -1.17. The van der Waals surface area contributed by atoms with Crippen LogP contribution in [0.15, 0.2) is 48.5 Å². The predicted molar refractivity (Wildman–Crippen MR) is 89.4 cm³/mol. The molecule has 2 aromatic rings. The van der Waals surface area contributed by atoms with Gasteiger partial charge >= 0.3 is 0 Å². The lowest BCUT2D eigenvalue weighted by Crippen LogP contribution is -2.43. The first-order valence-electron chi connectivity index (χ1n) is 7.68. The topological polar surface area (TPSA) is 69.9 Å². The van der Waals surface area contributed by atoms with Crippen molar-refractivity contribution in [3.63, 3.8) is 0 Å². The lowest BCUT2D eigenvalue weighted by molar-refractivity contribution is -0.0746. The van der Waals surface area contributed by atoms with Crippen molar-refractivity contribution in [1.29, 1.82) is 0 Å². The van der Waals surface area contributed by atoms with Gasteiger partial charge in [-0.2, -0.15) is 0 Å². The van der Waals surface area contributed by atoms with Crippen molar-refractivity contribution in [3.05, 3.63) is 65.2 Å².